The van der Waals surface area contributed by atoms with E-state index in [-0.39, 0.29) is 23.0 Å². The maximum absolute atomic E-state index is 8.88. The molecular formula is C9H13Cl2N3O2. The fourth-order valence-electron chi connectivity index (χ4n) is 1.23. The molecule has 0 amide bonds. The Morgan fingerprint density at radius 2 is 2.25 bits per heavy atom. The molecule has 1 heterocycles. The second kappa shape index (κ2) is 6.85. The van der Waals surface area contributed by atoms with Crippen molar-refractivity contribution in [2.75, 3.05) is 25.6 Å². The monoisotopic (exact) mass is 265 g/mol. The summed E-state index contributed by atoms with van der Waals surface area (Å²) in [6.07, 6.45) is 0.546. The number of hydrogen-bond acceptors (Lipinski definition) is 5. The van der Waals surface area contributed by atoms with Crippen molar-refractivity contribution >= 4 is 28.9 Å². The van der Waals surface area contributed by atoms with E-state index in [0.29, 0.717) is 18.7 Å². The van der Waals surface area contributed by atoms with Gasteiger partial charge in [0, 0.05) is 19.8 Å². The Labute approximate surface area is 104 Å². The number of aliphatic hydroxyl groups is 1. The molecule has 1 unspecified atom stereocenters. The van der Waals surface area contributed by atoms with E-state index in [1.165, 1.54) is 0 Å². The normalized spacial score (nSPS) is 12.5. The third-order valence-electron chi connectivity index (χ3n) is 1.92. The summed E-state index contributed by atoms with van der Waals surface area (Å²) in [4.78, 5) is 0. The Hall–Kier alpha value is -0.620. The highest BCUT2D eigenvalue weighted by atomic mass is 35.5. The van der Waals surface area contributed by atoms with Crippen molar-refractivity contribution in [3.05, 3.63) is 16.4 Å². The molecular weight excluding hydrogens is 253 g/mol. The van der Waals surface area contributed by atoms with Gasteiger partial charge in [-0.25, -0.2) is 0 Å². The van der Waals surface area contributed by atoms with Crippen LogP contribution in [0.15, 0.2) is 6.07 Å². The molecule has 5 nitrogen and oxygen atoms in total. The van der Waals surface area contributed by atoms with E-state index < -0.39 is 0 Å². The van der Waals surface area contributed by atoms with Gasteiger partial charge in [-0.1, -0.05) is 23.2 Å². The first kappa shape index (κ1) is 13.4. The van der Waals surface area contributed by atoms with E-state index in [9.17, 15) is 0 Å². The van der Waals surface area contributed by atoms with E-state index in [1.54, 1.807) is 13.2 Å². The molecule has 0 aliphatic heterocycles. The molecule has 0 saturated heterocycles. The topological polar surface area (TPSA) is 67.3 Å². The fraction of sp³-hybridized carbons (Fsp3) is 0.556. The summed E-state index contributed by atoms with van der Waals surface area (Å²) in [5.41, 5.74) is 0.581. The van der Waals surface area contributed by atoms with Crippen LogP contribution in [0.3, 0.4) is 0 Å². The van der Waals surface area contributed by atoms with Gasteiger partial charge in [0.25, 0.3) is 0 Å². The van der Waals surface area contributed by atoms with Crippen molar-refractivity contribution in [2.45, 2.75) is 12.5 Å². The van der Waals surface area contributed by atoms with Crippen LogP contribution < -0.4 is 5.32 Å². The van der Waals surface area contributed by atoms with Gasteiger partial charge in [-0.3, -0.25) is 0 Å². The van der Waals surface area contributed by atoms with E-state index >= 15 is 0 Å². The first-order chi connectivity index (χ1) is 7.67. The highest BCUT2D eigenvalue weighted by Gasteiger charge is 2.11. The lowest BCUT2D eigenvalue weighted by molar-refractivity contribution is 0.170. The second-order valence-electron chi connectivity index (χ2n) is 3.18. The molecule has 0 aliphatic carbocycles. The van der Waals surface area contributed by atoms with Crippen molar-refractivity contribution in [2.24, 2.45) is 0 Å². The van der Waals surface area contributed by atoms with Gasteiger partial charge in [-0.15, -0.1) is 10.2 Å². The average molecular weight is 266 g/mol. The molecule has 0 bridgehead atoms. The number of nitrogens with zero attached hydrogens (tertiary/aromatic N) is 2. The number of nitrogens with one attached hydrogen (secondary N) is 1. The number of hydrogen-bond donors (Lipinski definition) is 2. The fourth-order valence-corrected chi connectivity index (χ4v) is 1.52. The number of methoxy groups -OCH3 is 1. The van der Waals surface area contributed by atoms with Gasteiger partial charge in [0.1, 0.15) is 0 Å². The average Bonchev–Trinajstić information content (AvgIpc) is 2.24. The van der Waals surface area contributed by atoms with Gasteiger partial charge in [-0.2, -0.15) is 0 Å². The van der Waals surface area contributed by atoms with Crippen LogP contribution in [0.4, 0.5) is 5.69 Å². The summed E-state index contributed by atoms with van der Waals surface area (Å²) in [6.45, 7) is 0.516. The zero-order chi connectivity index (χ0) is 12.0. The third kappa shape index (κ3) is 4.09. The molecule has 2 N–H and O–H groups in total. The van der Waals surface area contributed by atoms with Crippen LogP contribution in [0.2, 0.25) is 10.3 Å². The number of ether oxygens (including phenoxy) is 1. The number of halogens is 2. The zero-order valence-corrected chi connectivity index (χ0v) is 10.3. The molecule has 0 radical (unpaired) electrons. The van der Waals surface area contributed by atoms with Crippen LogP contribution in [0.1, 0.15) is 6.42 Å². The molecule has 7 heteroatoms. The predicted molar refractivity (Wildman–Crippen MR) is 63.0 cm³/mol. The quantitative estimate of drug-likeness (QED) is 0.818. The maximum atomic E-state index is 8.88. The zero-order valence-electron chi connectivity index (χ0n) is 8.78. The Kier molecular flexibility index (Phi) is 5.76. The molecule has 16 heavy (non-hydrogen) atoms. The second-order valence-corrected chi connectivity index (χ2v) is 3.93. The molecule has 90 valence electrons. The van der Waals surface area contributed by atoms with Gasteiger partial charge >= 0.3 is 0 Å². The molecule has 0 spiro atoms. The highest BCUT2D eigenvalue weighted by molar-refractivity contribution is 6.33. The van der Waals surface area contributed by atoms with Gasteiger partial charge in [0.15, 0.2) is 10.3 Å². The van der Waals surface area contributed by atoms with Gasteiger partial charge in [0.05, 0.1) is 18.3 Å². The molecule has 0 fully saturated rings. The number of anilines is 1. The molecule has 1 rings (SSSR count). The van der Waals surface area contributed by atoms with E-state index in [0.717, 1.165) is 0 Å². The summed E-state index contributed by atoms with van der Waals surface area (Å²) in [5.74, 6) is 0. The molecule has 1 aromatic heterocycles. The number of aromatic nitrogens is 2. The van der Waals surface area contributed by atoms with Crippen LogP contribution in [0.25, 0.3) is 0 Å². The first-order valence-electron chi connectivity index (χ1n) is 4.72. The highest BCUT2D eigenvalue weighted by Crippen LogP contribution is 2.22. The van der Waals surface area contributed by atoms with Crippen molar-refractivity contribution in [1.82, 2.24) is 10.2 Å². The smallest absolute Gasteiger partial charge is 0.174 e. The van der Waals surface area contributed by atoms with Crippen LogP contribution >= 0.6 is 23.2 Å². The Morgan fingerprint density at radius 3 is 2.88 bits per heavy atom. The lowest BCUT2D eigenvalue weighted by Gasteiger charge is -2.18. The van der Waals surface area contributed by atoms with E-state index in [2.05, 4.69) is 15.5 Å². The first-order valence-corrected chi connectivity index (χ1v) is 5.48. The Balaban J connectivity index is 2.71. The third-order valence-corrected chi connectivity index (χ3v) is 2.39. The van der Waals surface area contributed by atoms with Crippen LogP contribution in [0.5, 0.6) is 0 Å². The minimum atomic E-state index is -0.0484. The standard InChI is InChI=1S/C9H13Cl2N3O2/c1-16-5-6(2-3-15)12-7-4-8(10)13-14-9(7)11/h4,6,15H,2-3,5H2,1H3,(H,12,13). The Morgan fingerprint density at radius 1 is 1.50 bits per heavy atom. The Bertz CT molecular complexity index is 333. The molecule has 1 atom stereocenters. The maximum Gasteiger partial charge on any atom is 0.174 e. The molecule has 0 aliphatic rings. The van der Waals surface area contributed by atoms with E-state index in [1.807, 2.05) is 0 Å². The van der Waals surface area contributed by atoms with Gasteiger partial charge in [-0.05, 0) is 6.42 Å². The summed E-state index contributed by atoms with van der Waals surface area (Å²) >= 11 is 11.5. The summed E-state index contributed by atoms with van der Waals surface area (Å²) in [5, 5.41) is 19.7. The lowest BCUT2D eigenvalue weighted by atomic mass is 10.2. The summed E-state index contributed by atoms with van der Waals surface area (Å²) < 4.78 is 5.01. The number of rotatable bonds is 6. The van der Waals surface area contributed by atoms with Crippen molar-refractivity contribution in [3.8, 4) is 0 Å². The van der Waals surface area contributed by atoms with Crippen LogP contribution in [0, 0.1) is 0 Å². The largest absolute Gasteiger partial charge is 0.396 e. The van der Waals surface area contributed by atoms with E-state index in [4.69, 9.17) is 33.0 Å². The van der Waals surface area contributed by atoms with Crippen molar-refractivity contribution < 1.29 is 9.84 Å². The molecule has 0 aromatic carbocycles. The minimum absolute atomic E-state index is 0.0484. The van der Waals surface area contributed by atoms with Crippen molar-refractivity contribution in [3.63, 3.8) is 0 Å². The molecule has 1 aromatic rings. The van der Waals surface area contributed by atoms with Crippen molar-refractivity contribution in [1.29, 1.82) is 0 Å². The number of aliphatic hydroxyl groups excluding tert-OH is 1. The lowest BCUT2D eigenvalue weighted by Crippen LogP contribution is -2.26. The summed E-state index contributed by atoms with van der Waals surface area (Å²) in [7, 11) is 1.59. The predicted octanol–water partition coefficient (Wildman–Crippen LogP) is 1.59. The van der Waals surface area contributed by atoms with Crippen LogP contribution in [-0.2, 0) is 4.74 Å². The van der Waals surface area contributed by atoms with Gasteiger partial charge in [0.2, 0.25) is 0 Å². The summed E-state index contributed by atoms with van der Waals surface area (Å²) in [6, 6.07) is 1.53. The SMILES string of the molecule is COCC(CCO)Nc1cc(Cl)nnc1Cl. The molecule has 0 saturated carbocycles. The minimum Gasteiger partial charge on any atom is -0.396 e. The van der Waals surface area contributed by atoms with Gasteiger partial charge < -0.3 is 15.2 Å². The van der Waals surface area contributed by atoms with Crippen LogP contribution in [-0.4, -0.2) is 41.7 Å².